The molecule has 4 bridgehead atoms. The molecule has 6 heteroatoms. The summed E-state index contributed by atoms with van der Waals surface area (Å²) in [5.74, 6) is 5.02. The highest BCUT2D eigenvalue weighted by molar-refractivity contribution is 7.99. The van der Waals surface area contributed by atoms with Crippen molar-refractivity contribution in [3.63, 3.8) is 0 Å². The van der Waals surface area contributed by atoms with E-state index in [0.29, 0.717) is 11.8 Å². The van der Waals surface area contributed by atoms with E-state index in [1.807, 2.05) is 11.8 Å². The molecular formula is C55H43N5S. The highest BCUT2D eigenvalue weighted by Gasteiger charge is 2.60. The molecule has 0 radical (unpaired) electrons. The van der Waals surface area contributed by atoms with Crippen molar-refractivity contribution in [3.05, 3.63) is 187 Å². The fourth-order valence-corrected chi connectivity index (χ4v) is 13.2. The predicted octanol–water partition coefficient (Wildman–Crippen LogP) is 14.0. The number of benzene rings is 7. The van der Waals surface area contributed by atoms with Crippen LogP contribution in [0.2, 0.25) is 0 Å². The van der Waals surface area contributed by atoms with Crippen LogP contribution >= 0.6 is 11.8 Å². The Hall–Kier alpha value is -6.50. The lowest BCUT2D eigenvalue weighted by Crippen LogP contribution is -2.57. The van der Waals surface area contributed by atoms with Crippen LogP contribution in [0.3, 0.4) is 0 Å². The molecule has 4 saturated carbocycles. The minimum absolute atomic E-state index is 0.299. The van der Waals surface area contributed by atoms with Gasteiger partial charge in [0.2, 0.25) is 0 Å². The van der Waals surface area contributed by atoms with E-state index in [4.69, 9.17) is 15.0 Å². The second-order valence-electron chi connectivity index (χ2n) is 17.7. The van der Waals surface area contributed by atoms with Crippen molar-refractivity contribution in [2.45, 2.75) is 47.3 Å². The van der Waals surface area contributed by atoms with Gasteiger partial charge < -0.3 is 9.47 Å². The molecule has 0 spiro atoms. The Kier molecular flexibility index (Phi) is 7.96. The van der Waals surface area contributed by atoms with Crippen molar-refractivity contribution in [3.8, 4) is 28.5 Å². The van der Waals surface area contributed by atoms with E-state index in [2.05, 4.69) is 185 Å². The number of hydrogen-bond donors (Lipinski definition) is 0. The zero-order chi connectivity index (χ0) is 40.1. The van der Waals surface area contributed by atoms with Gasteiger partial charge in [0.25, 0.3) is 0 Å². The molecule has 0 unspecified atom stereocenters. The van der Waals surface area contributed by atoms with Crippen LogP contribution in [0.25, 0.3) is 50.3 Å². The van der Waals surface area contributed by atoms with Gasteiger partial charge in [-0.15, -0.1) is 0 Å². The SMILES string of the molecule is c1ccc(-c2nc(-c3ccccc3)nc(C3(c4ccc(N5c6ccccc6Sc6cc(-n7c8ccccc8c8ccccc87)ccc65)cc4)C4CC5CC(C4)CC3C5)n2)cc1. The van der Waals surface area contributed by atoms with Crippen LogP contribution in [-0.4, -0.2) is 19.5 Å². The monoisotopic (exact) mass is 805 g/mol. The number of nitrogens with zero attached hydrogens (tertiary/aromatic N) is 5. The molecule has 2 aromatic heterocycles. The molecule has 294 valence electrons. The van der Waals surface area contributed by atoms with Crippen LogP contribution < -0.4 is 4.90 Å². The number of aromatic nitrogens is 4. The normalized spacial score (nSPS) is 22.4. The predicted molar refractivity (Wildman–Crippen MR) is 248 cm³/mol. The van der Waals surface area contributed by atoms with Gasteiger partial charge in [0.05, 0.1) is 27.8 Å². The molecule has 4 aliphatic carbocycles. The third-order valence-electron chi connectivity index (χ3n) is 14.4. The molecule has 5 aliphatic rings. The molecule has 0 saturated heterocycles. The summed E-state index contributed by atoms with van der Waals surface area (Å²) in [5.41, 5.74) is 10.3. The van der Waals surface area contributed by atoms with Crippen molar-refractivity contribution >= 4 is 50.6 Å². The zero-order valence-corrected chi connectivity index (χ0v) is 34.5. The molecule has 3 heterocycles. The van der Waals surface area contributed by atoms with Gasteiger partial charge >= 0.3 is 0 Å². The maximum atomic E-state index is 5.53. The summed E-state index contributed by atoms with van der Waals surface area (Å²) in [6.45, 7) is 0. The van der Waals surface area contributed by atoms with Gasteiger partial charge in [-0.1, -0.05) is 133 Å². The molecule has 5 nitrogen and oxygen atoms in total. The fraction of sp³-hybridized carbons (Fsp3) is 0.182. The summed E-state index contributed by atoms with van der Waals surface area (Å²) in [5, 5.41) is 2.55. The Morgan fingerprint density at radius 1 is 0.459 bits per heavy atom. The quantitative estimate of drug-likeness (QED) is 0.167. The molecule has 0 atom stereocenters. The van der Waals surface area contributed by atoms with E-state index in [1.165, 1.54) is 86.3 Å². The minimum atomic E-state index is -0.299. The van der Waals surface area contributed by atoms with Gasteiger partial charge in [0, 0.05) is 43.1 Å². The van der Waals surface area contributed by atoms with Crippen LogP contribution in [-0.2, 0) is 5.41 Å². The maximum Gasteiger partial charge on any atom is 0.163 e. The van der Waals surface area contributed by atoms with Crippen LogP contribution in [0, 0.1) is 23.7 Å². The first-order valence-corrected chi connectivity index (χ1v) is 22.7. The van der Waals surface area contributed by atoms with Crippen molar-refractivity contribution in [2.24, 2.45) is 23.7 Å². The lowest BCUT2D eigenvalue weighted by Gasteiger charge is -2.60. The van der Waals surface area contributed by atoms with Gasteiger partial charge in [-0.25, -0.2) is 15.0 Å². The van der Waals surface area contributed by atoms with Gasteiger partial charge in [0.15, 0.2) is 11.6 Å². The van der Waals surface area contributed by atoms with Gasteiger partial charge in [0.1, 0.15) is 5.82 Å². The van der Waals surface area contributed by atoms with Crippen molar-refractivity contribution in [1.29, 1.82) is 0 Å². The Bertz CT molecular complexity index is 3000. The molecule has 4 fully saturated rings. The number of anilines is 3. The third-order valence-corrected chi connectivity index (χ3v) is 15.6. The zero-order valence-electron chi connectivity index (χ0n) is 33.7. The molecular weight excluding hydrogens is 763 g/mol. The Labute approximate surface area is 360 Å². The van der Waals surface area contributed by atoms with E-state index >= 15 is 0 Å². The highest BCUT2D eigenvalue weighted by atomic mass is 32.2. The summed E-state index contributed by atoms with van der Waals surface area (Å²) in [4.78, 5) is 21.2. The largest absolute Gasteiger partial charge is 0.309 e. The summed E-state index contributed by atoms with van der Waals surface area (Å²) >= 11 is 1.86. The van der Waals surface area contributed by atoms with Gasteiger partial charge in [-0.3, -0.25) is 0 Å². The topological polar surface area (TPSA) is 46.8 Å². The van der Waals surface area contributed by atoms with E-state index in [0.717, 1.165) is 46.1 Å². The molecule has 1 aliphatic heterocycles. The summed E-state index contributed by atoms with van der Waals surface area (Å²) in [6.07, 6.45) is 6.33. The lowest BCUT2D eigenvalue weighted by molar-refractivity contribution is -0.0454. The standard InChI is InChI=1S/C55H43N5S/c1-3-13-37(14-4-1)52-56-53(38-15-5-2-6-16-38)58-54(57-52)55(40-30-35-29-36(32-40)33-41(55)31-35)39-23-25-42(26-24-39)59-48-21-11-12-22-50(48)61-51-34-43(27-28-49(51)59)60-46-19-9-7-17-44(46)45-18-8-10-20-47(45)60/h1-28,34-36,40-41H,29-33H2. The third kappa shape index (κ3) is 5.44. The number of para-hydroxylation sites is 3. The smallest absolute Gasteiger partial charge is 0.163 e. The highest BCUT2D eigenvalue weighted by Crippen LogP contribution is 2.65. The Balaban J connectivity index is 0.958. The molecule has 9 aromatic rings. The first-order valence-electron chi connectivity index (χ1n) is 21.9. The number of rotatable bonds is 6. The summed E-state index contributed by atoms with van der Waals surface area (Å²) in [6, 6.07) is 64.0. The molecule has 61 heavy (non-hydrogen) atoms. The molecule has 0 N–H and O–H groups in total. The van der Waals surface area contributed by atoms with E-state index in [-0.39, 0.29) is 5.41 Å². The van der Waals surface area contributed by atoms with Crippen LogP contribution in [0.5, 0.6) is 0 Å². The van der Waals surface area contributed by atoms with Crippen LogP contribution in [0.4, 0.5) is 17.1 Å². The average Bonchev–Trinajstić information content (AvgIpc) is 3.65. The van der Waals surface area contributed by atoms with Crippen LogP contribution in [0.15, 0.2) is 186 Å². The Morgan fingerprint density at radius 3 is 1.61 bits per heavy atom. The first-order chi connectivity index (χ1) is 30.2. The molecule has 0 amide bonds. The summed E-state index contributed by atoms with van der Waals surface area (Å²) in [7, 11) is 0. The number of fused-ring (bicyclic) bond motifs is 5. The van der Waals surface area contributed by atoms with Crippen molar-refractivity contribution in [2.75, 3.05) is 4.90 Å². The fourth-order valence-electron chi connectivity index (χ4n) is 12.1. The Morgan fingerprint density at radius 2 is 0.984 bits per heavy atom. The number of hydrogen-bond acceptors (Lipinski definition) is 5. The van der Waals surface area contributed by atoms with Crippen LogP contribution in [0.1, 0.15) is 43.5 Å². The first kappa shape index (κ1) is 35.3. The van der Waals surface area contributed by atoms with E-state index < -0.39 is 0 Å². The van der Waals surface area contributed by atoms with Crippen molar-refractivity contribution in [1.82, 2.24) is 19.5 Å². The summed E-state index contributed by atoms with van der Waals surface area (Å²) < 4.78 is 2.42. The van der Waals surface area contributed by atoms with E-state index in [1.54, 1.807) is 0 Å². The van der Waals surface area contributed by atoms with Crippen molar-refractivity contribution < 1.29 is 0 Å². The molecule has 7 aromatic carbocycles. The van der Waals surface area contributed by atoms with E-state index in [9.17, 15) is 0 Å². The maximum absolute atomic E-state index is 5.53. The minimum Gasteiger partial charge on any atom is -0.309 e. The lowest BCUT2D eigenvalue weighted by atomic mass is 9.43. The van der Waals surface area contributed by atoms with Gasteiger partial charge in [-0.05, 0) is 116 Å². The second kappa shape index (κ2) is 13.8. The average molecular weight is 806 g/mol. The second-order valence-corrected chi connectivity index (χ2v) is 18.8. The van der Waals surface area contributed by atoms with Gasteiger partial charge in [-0.2, -0.15) is 0 Å². The molecule has 14 rings (SSSR count).